The first-order valence-corrected chi connectivity index (χ1v) is 12.7. The SMILES string of the molecule is COc1ccc(NC(=O)N2CCc3sc(C(N)=O)c(-c4cc(-c5cccs5)ccc4N)c3C2)cc1. The maximum atomic E-state index is 13.1. The first-order valence-electron chi connectivity index (χ1n) is 11.0. The molecule has 5 N–H and O–H groups in total. The van der Waals surface area contributed by atoms with Crippen LogP contribution >= 0.6 is 22.7 Å². The summed E-state index contributed by atoms with van der Waals surface area (Å²) in [5.74, 6) is 0.226. The number of hydrogen-bond donors (Lipinski definition) is 3. The van der Waals surface area contributed by atoms with Crippen LogP contribution in [0.3, 0.4) is 0 Å². The van der Waals surface area contributed by atoms with Gasteiger partial charge in [-0.05, 0) is 65.4 Å². The molecule has 0 atom stereocenters. The average molecular weight is 505 g/mol. The zero-order chi connectivity index (χ0) is 24.5. The van der Waals surface area contributed by atoms with Crippen LogP contribution in [0, 0.1) is 0 Å². The summed E-state index contributed by atoms with van der Waals surface area (Å²) in [7, 11) is 1.60. The van der Waals surface area contributed by atoms with Gasteiger partial charge in [-0.25, -0.2) is 4.79 Å². The number of nitrogens with two attached hydrogens (primary N) is 2. The van der Waals surface area contributed by atoms with Crippen molar-refractivity contribution in [1.82, 2.24) is 4.90 Å². The molecule has 5 rings (SSSR count). The molecule has 0 aliphatic carbocycles. The van der Waals surface area contributed by atoms with Gasteiger partial charge in [0.1, 0.15) is 10.6 Å². The van der Waals surface area contributed by atoms with Gasteiger partial charge in [-0.1, -0.05) is 12.1 Å². The van der Waals surface area contributed by atoms with Gasteiger partial charge in [0.2, 0.25) is 0 Å². The van der Waals surface area contributed by atoms with E-state index in [1.54, 1.807) is 47.6 Å². The summed E-state index contributed by atoms with van der Waals surface area (Å²) in [5.41, 5.74) is 16.9. The van der Waals surface area contributed by atoms with Crippen LogP contribution in [0.15, 0.2) is 60.0 Å². The highest BCUT2D eigenvalue weighted by Gasteiger charge is 2.30. The summed E-state index contributed by atoms with van der Waals surface area (Å²) in [6, 6.07) is 16.9. The molecule has 0 radical (unpaired) electrons. The van der Waals surface area contributed by atoms with Crippen molar-refractivity contribution in [1.29, 1.82) is 0 Å². The molecule has 3 amide bonds. The van der Waals surface area contributed by atoms with Gasteiger partial charge in [0.25, 0.3) is 5.91 Å². The van der Waals surface area contributed by atoms with E-state index in [4.69, 9.17) is 16.2 Å². The normalized spacial score (nSPS) is 12.8. The van der Waals surface area contributed by atoms with Crippen LogP contribution in [0.2, 0.25) is 0 Å². The fourth-order valence-electron chi connectivity index (χ4n) is 4.27. The van der Waals surface area contributed by atoms with E-state index in [0.29, 0.717) is 35.8 Å². The Bertz CT molecular complexity index is 1390. The minimum atomic E-state index is -0.491. The predicted molar refractivity (Wildman–Crippen MR) is 142 cm³/mol. The van der Waals surface area contributed by atoms with E-state index < -0.39 is 5.91 Å². The molecule has 0 spiro atoms. The minimum Gasteiger partial charge on any atom is -0.497 e. The number of carbonyl (C=O) groups is 2. The number of fused-ring (bicyclic) bond motifs is 1. The topological polar surface area (TPSA) is 111 Å². The highest BCUT2D eigenvalue weighted by molar-refractivity contribution is 7.15. The lowest BCUT2D eigenvalue weighted by Gasteiger charge is -2.28. The first-order chi connectivity index (χ1) is 16.9. The lowest BCUT2D eigenvalue weighted by Crippen LogP contribution is -2.38. The molecular weight excluding hydrogens is 480 g/mol. The van der Waals surface area contributed by atoms with Crippen LogP contribution in [0.25, 0.3) is 21.6 Å². The average Bonchev–Trinajstić information content (AvgIpc) is 3.53. The highest BCUT2D eigenvalue weighted by Crippen LogP contribution is 2.43. The van der Waals surface area contributed by atoms with E-state index in [1.165, 1.54) is 11.3 Å². The van der Waals surface area contributed by atoms with Crippen molar-refractivity contribution in [3.63, 3.8) is 0 Å². The fraction of sp³-hybridized carbons (Fsp3) is 0.154. The lowest BCUT2D eigenvalue weighted by atomic mass is 9.94. The lowest BCUT2D eigenvalue weighted by molar-refractivity contribution is 0.100. The van der Waals surface area contributed by atoms with Crippen molar-refractivity contribution in [2.75, 3.05) is 24.7 Å². The van der Waals surface area contributed by atoms with Gasteiger partial charge < -0.3 is 26.4 Å². The second-order valence-electron chi connectivity index (χ2n) is 8.18. The molecule has 3 heterocycles. The maximum Gasteiger partial charge on any atom is 0.322 e. The van der Waals surface area contributed by atoms with Crippen molar-refractivity contribution >= 4 is 46.0 Å². The Morgan fingerprint density at radius 3 is 2.60 bits per heavy atom. The van der Waals surface area contributed by atoms with Crippen molar-refractivity contribution < 1.29 is 14.3 Å². The van der Waals surface area contributed by atoms with Crippen molar-refractivity contribution in [3.8, 4) is 27.3 Å². The Hall–Kier alpha value is -3.82. The molecular formula is C26H24N4O3S2. The number of primary amides is 1. The number of amides is 3. The molecule has 2 aromatic heterocycles. The molecule has 35 heavy (non-hydrogen) atoms. The zero-order valence-corrected chi connectivity index (χ0v) is 20.7. The van der Waals surface area contributed by atoms with E-state index in [-0.39, 0.29) is 6.03 Å². The molecule has 9 heteroatoms. The molecule has 178 valence electrons. The summed E-state index contributed by atoms with van der Waals surface area (Å²) >= 11 is 3.03. The summed E-state index contributed by atoms with van der Waals surface area (Å²) in [5, 5.41) is 4.96. The van der Waals surface area contributed by atoms with E-state index in [9.17, 15) is 9.59 Å². The maximum absolute atomic E-state index is 13.1. The number of ether oxygens (including phenoxy) is 1. The predicted octanol–water partition coefficient (Wildman–Crippen LogP) is 5.42. The van der Waals surface area contributed by atoms with E-state index in [0.717, 1.165) is 37.8 Å². The molecule has 7 nitrogen and oxygen atoms in total. The number of benzene rings is 2. The standard InChI is InChI=1S/C26H24N4O3S2/c1-33-17-7-5-16(6-8-17)29-26(32)30-11-10-22-19(14-30)23(24(35-22)25(28)31)18-13-15(4-9-20(18)27)21-3-2-12-34-21/h2-9,12-13H,10-11,14,27H2,1H3,(H2,28,31)(H,29,32). The number of anilines is 2. The Morgan fingerprint density at radius 1 is 1.11 bits per heavy atom. The molecule has 0 bridgehead atoms. The van der Waals surface area contributed by atoms with Crippen LogP contribution in [-0.2, 0) is 13.0 Å². The zero-order valence-electron chi connectivity index (χ0n) is 19.0. The van der Waals surface area contributed by atoms with E-state index >= 15 is 0 Å². The van der Waals surface area contributed by atoms with E-state index in [1.807, 2.05) is 35.7 Å². The molecule has 0 fully saturated rings. The van der Waals surface area contributed by atoms with Gasteiger partial charge in [0.15, 0.2) is 0 Å². The van der Waals surface area contributed by atoms with Gasteiger partial charge in [-0.3, -0.25) is 4.79 Å². The van der Waals surface area contributed by atoms with Crippen molar-refractivity contribution in [2.45, 2.75) is 13.0 Å². The number of hydrogen-bond acceptors (Lipinski definition) is 6. The van der Waals surface area contributed by atoms with Crippen molar-refractivity contribution in [2.24, 2.45) is 5.73 Å². The monoisotopic (exact) mass is 504 g/mol. The number of carbonyl (C=O) groups excluding carboxylic acids is 2. The first kappa shape index (κ1) is 22.9. The van der Waals surface area contributed by atoms with Crippen LogP contribution in [0.5, 0.6) is 5.75 Å². The minimum absolute atomic E-state index is 0.209. The van der Waals surface area contributed by atoms with Gasteiger partial charge in [0, 0.05) is 45.3 Å². The molecule has 1 aliphatic rings. The Balaban J connectivity index is 1.49. The number of thiophene rings is 2. The third-order valence-electron chi connectivity index (χ3n) is 6.03. The van der Waals surface area contributed by atoms with Gasteiger partial charge in [-0.2, -0.15) is 0 Å². The number of rotatable bonds is 5. The molecule has 2 aromatic carbocycles. The van der Waals surface area contributed by atoms with Gasteiger partial charge in [0.05, 0.1) is 7.11 Å². The molecule has 0 saturated heterocycles. The van der Waals surface area contributed by atoms with Gasteiger partial charge >= 0.3 is 6.03 Å². The largest absolute Gasteiger partial charge is 0.497 e. The Labute approximate surface area is 210 Å². The summed E-state index contributed by atoms with van der Waals surface area (Å²) in [4.78, 5) is 29.9. The smallest absolute Gasteiger partial charge is 0.322 e. The molecule has 1 aliphatic heterocycles. The number of urea groups is 1. The number of nitrogen functional groups attached to an aromatic ring is 1. The summed E-state index contributed by atoms with van der Waals surface area (Å²) in [6.07, 6.45) is 0.640. The molecule has 0 saturated carbocycles. The van der Waals surface area contributed by atoms with Crippen molar-refractivity contribution in [3.05, 3.63) is 75.3 Å². The second-order valence-corrected chi connectivity index (χ2v) is 10.2. The number of nitrogens with zero attached hydrogens (tertiary/aromatic N) is 1. The molecule has 0 unspecified atom stereocenters. The molecule has 4 aromatic rings. The third-order valence-corrected chi connectivity index (χ3v) is 8.25. The third kappa shape index (κ3) is 4.48. The Kier molecular flexibility index (Phi) is 6.19. The number of nitrogens with one attached hydrogen (secondary N) is 1. The summed E-state index contributed by atoms with van der Waals surface area (Å²) in [6.45, 7) is 0.900. The van der Waals surface area contributed by atoms with Gasteiger partial charge in [-0.15, -0.1) is 22.7 Å². The van der Waals surface area contributed by atoms with E-state index in [2.05, 4.69) is 5.32 Å². The van der Waals surface area contributed by atoms with Crippen LogP contribution in [0.1, 0.15) is 20.1 Å². The van der Waals surface area contributed by atoms with Crippen LogP contribution in [0.4, 0.5) is 16.2 Å². The number of methoxy groups -OCH3 is 1. The fourth-order valence-corrected chi connectivity index (χ4v) is 6.15. The highest BCUT2D eigenvalue weighted by atomic mass is 32.1. The Morgan fingerprint density at radius 2 is 1.91 bits per heavy atom. The van der Waals surface area contributed by atoms with Crippen LogP contribution in [-0.4, -0.2) is 30.5 Å². The quantitative estimate of drug-likeness (QED) is 0.315. The summed E-state index contributed by atoms with van der Waals surface area (Å²) < 4.78 is 5.18. The van der Waals surface area contributed by atoms with Crippen LogP contribution < -0.4 is 21.5 Å². The second kappa shape index (κ2) is 9.44.